The lowest BCUT2D eigenvalue weighted by molar-refractivity contribution is -0.152. The van der Waals surface area contributed by atoms with Crippen LogP contribution in [0.25, 0.3) is 0 Å². The molecule has 1 amide bonds. The van der Waals surface area contributed by atoms with Crippen molar-refractivity contribution in [2.45, 2.75) is 37.7 Å². The van der Waals surface area contributed by atoms with Crippen LogP contribution in [-0.2, 0) is 30.7 Å². The van der Waals surface area contributed by atoms with Gasteiger partial charge in [-0.05, 0) is 74.7 Å². The zero-order valence-electron chi connectivity index (χ0n) is 18.7. The average molecular weight is 510 g/mol. The minimum atomic E-state index is -4.38. The topological polar surface area (TPSA) is 116 Å². The summed E-state index contributed by atoms with van der Waals surface area (Å²) >= 11 is 5.83. The number of halogens is 1. The van der Waals surface area contributed by atoms with Crippen LogP contribution in [0.4, 0.5) is 4.79 Å². The molecule has 1 unspecified atom stereocenters. The van der Waals surface area contributed by atoms with Gasteiger partial charge < -0.3 is 14.2 Å². The molecule has 2 aromatic carbocycles. The van der Waals surface area contributed by atoms with Crippen molar-refractivity contribution >= 4 is 39.5 Å². The largest absolute Gasteiger partial charge is 0.478 e. The Hall–Kier alpha value is -3.11. The highest BCUT2D eigenvalue weighted by Gasteiger charge is 2.33. The molecule has 1 aliphatic heterocycles. The number of carbonyl (C=O) groups is 3. The first-order valence-electron chi connectivity index (χ1n) is 10.6. The van der Waals surface area contributed by atoms with Gasteiger partial charge in [0.1, 0.15) is 12.3 Å². The molecule has 1 aliphatic rings. The van der Waals surface area contributed by atoms with Gasteiger partial charge in [-0.25, -0.2) is 18.0 Å². The Morgan fingerprint density at radius 3 is 2.38 bits per heavy atom. The summed E-state index contributed by atoms with van der Waals surface area (Å²) in [4.78, 5) is 37.2. The van der Waals surface area contributed by atoms with Gasteiger partial charge in [-0.15, -0.1) is 0 Å². The van der Waals surface area contributed by atoms with Gasteiger partial charge >= 0.3 is 12.1 Å². The summed E-state index contributed by atoms with van der Waals surface area (Å²) in [5, 5.41) is 0.319. The monoisotopic (exact) mass is 509 g/mol. The van der Waals surface area contributed by atoms with E-state index in [1.807, 2.05) is 0 Å². The van der Waals surface area contributed by atoms with Crippen LogP contribution in [0.1, 0.15) is 36.2 Å². The van der Waals surface area contributed by atoms with E-state index in [1.54, 1.807) is 13.0 Å². The van der Waals surface area contributed by atoms with E-state index in [0.29, 0.717) is 33.5 Å². The lowest BCUT2D eigenvalue weighted by Crippen LogP contribution is -2.41. The van der Waals surface area contributed by atoms with Gasteiger partial charge in [0.2, 0.25) is 0 Å². The molecule has 1 atom stereocenters. The van der Waals surface area contributed by atoms with Crippen LogP contribution in [0, 0.1) is 0 Å². The Morgan fingerprint density at radius 2 is 1.74 bits per heavy atom. The predicted octanol–water partition coefficient (Wildman–Crippen LogP) is 3.63. The minimum absolute atomic E-state index is 0.0719. The van der Waals surface area contributed by atoms with E-state index in [0.717, 1.165) is 0 Å². The molecule has 0 radical (unpaired) electrons. The zero-order valence-corrected chi connectivity index (χ0v) is 20.2. The number of benzene rings is 2. The Kier molecular flexibility index (Phi) is 8.16. The maximum Gasteiger partial charge on any atom is 0.424 e. The summed E-state index contributed by atoms with van der Waals surface area (Å²) in [7, 11) is -4.38. The number of fused-ring (bicyclic) bond motifs is 1. The first kappa shape index (κ1) is 25.5. The SMILES string of the molecule is CCOC(=O)C1CCc2cc(C(=O)CN(C(=O)OCC)S(=O)(=O)c3ccc(Cl)cc3)ccc2O1. The third-order valence-electron chi connectivity index (χ3n) is 5.04. The molecule has 2 aromatic rings. The van der Waals surface area contributed by atoms with Crippen LogP contribution in [-0.4, -0.2) is 56.4 Å². The number of aryl methyl sites for hydroxylation is 1. The maximum absolute atomic E-state index is 13.1. The second kappa shape index (κ2) is 10.9. The molecule has 0 N–H and O–H groups in total. The summed E-state index contributed by atoms with van der Waals surface area (Å²) in [5.74, 6) is -0.622. The molecular formula is C23H24ClNO8S. The highest BCUT2D eigenvalue weighted by atomic mass is 35.5. The van der Waals surface area contributed by atoms with Crippen molar-refractivity contribution in [3.8, 4) is 5.75 Å². The van der Waals surface area contributed by atoms with Gasteiger partial charge in [0.05, 0.1) is 18.1 Å². The van der Waals surface area contributed by atoms with Crippen molar-refractivity contribution in [1.82, 2.24) is 4.31 Å². The van der Waals surface area contributed by atoms with Crippen LogP contribution < -0.4 is 4.74 Å². The number of ketones is 1. The standard InChI is InChI=1S/C23H24ClNO8S/c1-3-31-22(27)21-12-6-16-13-15(5-11-20(16)33-21)19(26)14-25(23(28)32-4-2)34(29,30)18-9-7-17(24)8-10-18/h5,7-11,13,21H,3-4,6,12,14H2,1-2H3. The molecule has 0 saturated carbocycles. The average Bonchev–Trinajstić information content (AvgIpc) is 2.82. The Labute approximate surface area is 202 Å². The van der Waals surface area contributed by atoms with Crippen LogP contribution in [0.2, 0.25) is 5.02 Å². The summed E-state index contributed by atoms with van der Waals surface area (Å²) < 4.78 is 42.1. The molecule has 0 aromatic heterocycles. The lowest BCUT2D eigenvalue weighted by Gasteiger charge is -2.25. The van der Waals surface area contributed by atoms with E-state index in [4.69, 9.17) is 25.8 Å². The van der Waals surface area contributed by atoms with Crippen molar-refractivity contribution in [2.75, 3.05) is 19.8 Å². The van der Waals surface area contributed by atoms with E-state index in [1.165, 1.54) is 43.3 Å². The number of nitrogens with zero attached hydrogens (tertiary/aromatic N) is 1. The molecule has 34 heavy (non-hydrogen) atoms. The molecule has 3 rings (SSSR count). The molecule has 0 aliphatic carbocycles. The van der Waals surface area contributed by atoms with Crippen molar-refractivity contribution in [1.29, 1.82) is 0 Å². The summed E-state index contributed by atoms with van der Waals surface area (Å²) in [5.41, 5.74) is 0.882. The Balaban J connectivity index is 1.83. The minimum Gasteiger partial charge on any atom is -0.478 e. The van der Waals surface area contributed by atoms with Gasteiger partial charge in [-0.3, -0.25) is 4.79 Å². The van der Waals surface area contributed by atoms with Crippen LogP contribution in [0.15, 0.2) is 47.4 Å². The van der Waals surface area contributed by atoms with Gasteiger partial charge in [0.15, 0.2) is 11.9 Å². The number of amides is 1. The molecule has 182 valence electrons. The normalized spacial score (nSPS) is 15.0. The number of sulfonamides is 1. The van der Waals surface area contributed by atoms with E-state index < -0.39 is 40.5 Å². The van der Waals surface area contributed by atoms with Crippen LogP contribution in [0.5, 0.6) is 5.75 Å². The van der Waals surface area contributed by atoms with Gasteiger partial charge in [0, 0.05) is 10.6 Å². The van der Waals surface area contributed by atoms with Crippen LogP contribution >= 0.6 is 11.6 Å². The summed E-state index contributed by atoms with van der Waals surface area (Å²) in [6.45, 7) is 2.65. The third kappa shape index (κ3) is 5.68. The highest BCUT2D eigenvalue weighted by Crippen LogP contribution is 2.29. The number of carbonyl (C=O) groups excluding carboxylic acids is 3. The number of Topliss-reactive ketones (excluding diaryl/α,β-unsaturated/α-hetero) is 1. The van der Waals surface area contributed by atoms with Crippen molar-refractivity contribution in [3.63, 3.8) is 0 Å². The number of rotatable bonds is 8. The second-order valence-corrected chi connectivity index (χ2v) is 9.61. The number of hydrogen-bond donors (Lipinski definition) is 0. The molecule has 0 spiro atoms. The van der Waals surface area contributed by atoms with Gasteiger partial charge in [0.25, 0.3) is 10.0 Å². The smallest absolute Gasteiger partial charge is 0.424 e. The van der Waals surface area contributed by atoms with E-state index in [-0.39, 0.29) is 23.7 Å². The quantitative estimate of drug-likeness (QED) is 0.391. The molecule has 11 heteroatoms. The number of hydrogen-bond acceptors (Lipinski definition) is 8. The second-order valence-electron chi connectivity index (χ2n) is 7.31. The van der Waals surface area contributed by atoms with E-state index in [2.05, 4.69) is 0 Å². The fourth-order valence-corrected chi connectivity index (χ4v) is 4.76. The van der Waals surface area contributed by atoms with Crippen molar-refractivity contribution < 1.29 is 37.0 Å². The number of ether oxygens (including phenoxy) is 3. The zero-order chi connectivity index (χ0) is 24.9. The summed E-state index contributed by atoms with van der Waals surface area (Å²) in [6.07, 6.45) is -1.05. The summed E-state index contributed by atoms with van der Waals surface area (Å²) in [6, 6.07) is 9.77. The predicted molar refractivity (Wildman–Crippen MR) is 123 cm³/mol. The third-order valence-corrected chi connectivity index (χ3v) is 7.02. The lowest BCUT2D eigenvalue weighted by atomic mass is 9.98. The molecule has 9 nitrogen and oxygen atoms in total. The van der Waals surface area contributed by atoms with Gasteiger partial charge in [-0.1, -0.05) is 11.6 Å². The molecule has 0 saturated heterocycles. The highest BCUT2D eigenvalue weighted by molar-refractivity contribution is 7.89. The first-order valence-corrected chi connectivity index (χ1v) is 12.4. The maximum atomic E-state index is 13.1. The van der Waals surface area contributed by atoms with Gasteiger partial charge in [-0.2, -0.15) is 4.31 Å². The molecule has 1 heterocycles. The molecule has 0 bridgehead atoms. The molecular weight excluding hydrogens is 486 g/mol. The van der Waals surface area contributed by atoms with E-state index in [9.17, 15) is 22.8 Å². The van der Waals surface area contributed by atoms with E-state index >= 15 is 0 Å². The Bertz CT molecular complexity index is 1180. The first-order chi connectivity index (χ1) is 16.2. The molecule has 0 fully saturated rings. The fraction of sp³-hybridized carbons (Fsp3) is 0.348. The number of esters is 1. The Morgan fingerprint density at radius 1 is 1.06 bits per heavy atom. The van der Waals surface area contributed by atoms with Crippen molar-refractivity contribution in [3.05, 3.63) is 58.6 Å². The van der Waals surface area contributed by atoms with Crippen LogP contribution in [0.3, 0.4) is 0 Å². The fourth-order valence-electron chi connectivity index (χ4n) is 3.36. The van der Waals surface area contributed by atoms with Crippen molar-refractivity contribution in [2.24, 2.45) is 0 Å².